The molecule has 2 aliphatic heterocycles. The largest absolute Gasteiger partial charge is 0.393 e. The Morgan fingerprint density at radius 3 is 2.50 bits per heavy atom. The highest BCUT2D eigenvalue weighted by Crippen LogP contribution is 2.40. The van der Waals surface area contributed by atoms with Crippen LogP contribution in [-0.4, -0.2) is 36.6 Å². The third-order valence-corrected chi connectivity index (χ3v) is 4.44. The molecular formula is C13H24O3. The van der Waals surface area contributed by atoms with Crippen LogP contribution in [-0.2, 0) is 9.47 Å². The molecule has 0 radical (unpaired) electrons. The summed E-state index contributed by atoms with van der Waals surface area (Å²) in [4.78, 5) is 0. The van der Waals surface area contributed by atoms with E-state index >= 15 is 0 Å². The van der Waals surface area contributed by atoms with Gasteiger partial charge in [0.1, 0.15) is 0 Å². The number of hydrogen-bond donors (Lipinski definition) is 1. The minimum absolute atomic E-state index is 0.0598. The first-order chi connectivity index (χ1) is 7.63. The Bertz CT molecular complexity index is 216. The van der Waals surface area contributed by atoms with Gasteiger partial charge in [0.15, 0.2) is 0 Å². The minimum atomic E-state index is -0.208. The zero-order valence-electron chi connectivity index (χ0n) is 10.4. The number of rotatable bonds is 2. The van der Waals surface area contributed by atoms with E-state index in [4.69, 9.17) is 9.47 Å². The molecule has 0 bridgehead atoms. The van der Waals surface area contributed by atoms with E-state index in [-0.39, 0.29) is 11.7 Å². The molecule has 3 nitrogen and oxygen atoms in total. The van der Waals surface area contributed by atoms with Crippen LogP contribution >= 0.6 is 0 Å². The number of hydrogen-bond acceptors (Lipinski definition) is 3. The molecule has 0 aromatic heterocycles. The number of aliphatic hydroxyl groups excluding tert-OH is 1. The molecule has 1 spiro atoms. The van der Waals surface area contributed by atoms with Gasteiger partial charge in [-0.05, 0) is 44.4 Å². The van der Waals surface area contributed by atoms with Crippen LogP contribution in [0.1, 0.15) is 39.5 Å². The Morgan fingerprint density at radius 1 is 1.19 bits per heavy atom. The third-order valence-electron chi connectivity index (χ3n) is 4.44. The van der Waals surface area contributed by atoms with Crippen molar-refractivity contribution in [3.05, 3.63) is 0 Å². The van der Waals surface area contributed by atoms with Crippen molar-refractivity contribution in [2.75, 3.05) is 19.8 Å². The van der Waals surface area contributed by atoms with Crippen LogP contribution < -0.4 is 0 Å². The molecule has 3 heteroatoms. The van der Waals surface area contributed by atoms with Crippen LogP contribution in [0.5, 0.6) is 0 Å². The molecule has 2 saturated heterocycles. The Kier molecular flexibility index (Phi) is 3.88. The summed E-state index contributed by atoms with van der Waals surface area (Å²) in [5.74, 6) is 0.982. The summed E-state index contributed by atoms with van der Waals surface area (Å²) in [5.41, 5.74) is 0.0598. The summed E-state index contributed by atoms with van der Waals surface area (Å²) in [6.07, 6.45) is 4.03. The fraction of sp³-hybridized carbons (Fsp3) is 1.00. The summed E-state index contributed by atoms with van der Waals surface area (Å²) in [6.45, 7) is 6.57. The van der Waals surface area contributed by atoms with Crippen LogP contribution in [0.25, 0.3) is 0 Å². The van der Waals surface area contributed by atoms with E-state index in [0.717, 1.165) is 45.5 Å². The van der Waals surface area contributed by atoms with Gasteiger partial charge in [-0.1, -0.05) is 6.92 Å². The van der Waals surface area contributed by atoms with Crippen molar-refractivity contribution >= 4 is 0 Å². The predicted molar refractivity (Wildman–Crippen MR) is 62.3 cm³/mol. The normalized spacial score (nSPS) is 33.6. The first-order valence-electron chi connectivity index (χ1n) is 6.53. The first kappa shape index (κ1) is 12.3. The van der Waals surface area contributed by atoms with E-state index in [1.54, 1.807) is 0 Å². The van der Waals surface area contributed by atoms with E-state index in [9.17, 15) is 5.11 Å². The molecule has 2 aliphatic rings. The lowest BCUT2D eigenvalue weighted by Gasteiger charge is -2.45. The molecule has 94 valence electrons. The maximum atomic E-state index is 9.69. The molecular weight excluding hydrogens is 204 g/mol. The second-order valence-electron chi connectivity index (χ2n) is 5.50. The summed E-state index contributed by atoms with van der Waals surface area (Å²) >= 11 is 0. The second kappa shape index (κ2) is 5.03. The van der Waals surface area contributed by atoms with E-state index < -0.39 is 0 Å². The van der Waals surface area contributed by atoms with Gasteiger partial charge < -0.3 is 14.6 Å². The van der Waals surface area contributed by atoms with Gasteiger partial charge in [-0.2, -0.15) is 0 Å². The average molecular weight is 228 g/mol. The maximum Gasteiger partial charge on any atom is 0.0729 e. The molecule has 2 rings (SSSR count). The lowest BCUT2D eigenvalue weighted by atomic mass is 9.74. The molecule has 0 aliphatic carbocycles. The Balaban J connectivity index is 1.97. The molecule has 3 atom stereocenters. The lowest BCUT2D eigenvalue weighted by molar-refractivity contribution is -0.155. The highest BCUT2D eigenvalue weighted by Gasteiger charge is 2.40. The van der Waals surface area contributed by atoms with Crippen molar-refractivity contribution in [3.8, 4) is 0 Å². The number of aliphatic hydroxyl groups is 1. The van der Waals surface area contributed by atoms with E-state index in [2.05, 4.69) is 6.92 Å². The number of ether oxygens (including phenoxy) is 2. The average Bonchev–Trinajstić information content (AvgIpc) is 2.29. The van der Waals surface area contributed by atoms with Gasteiger partial charge >= 0.3 is 0 Å². The smallest absolute Gasteiger partial charge is 0.0729 e. The van der Waals surface area contributed by atoms with Gasteiger partial charge in [-0.15, -0.1) is 0 Å². The van der Waals surface area contributed by atoms with Crippen molar-refractivity contribution in [3.63, 3.8) is 0 Å². The van der Waals surface area contributed by atoms with Gasteiger partial charge in [-0.25, -0.2) is 0 Å². The van der Waals surface area contributed by atoms with Gasteiger partial charge in [0.05, 0.1) is 11.7 Å². The van der Waals surface area contributed by atoms with Gasteiger partial charge in [0.2, 0.25) is 0 Å². The molecule has 2 heterocycles. The minimum Gasteiger partial charge on any atom is -0.393 e. The van der Waals surface area contributed by atoms with E-state index in [1.807, 2.05) is 6.92 Å². The van der Waals surface area contributed by atoms with Crippen LogP contribution in [0.3, 0.4) is 0 Å². The maximum absolute atomic E-state index is 9.69. The zero-order chi connectivity index (χ0) is 11.6. The first-order valence-corrected chi connectivity index (χ1v) is 6.53. The molecule has 16 heavy (non-hydrogen) atoms. The fourth-order valence-corrected chi connectivity index (χ4v) is 3.00. The molecule has 0 aromatic carbocycles. The van der Waals surface area contributed by atoms with Crippen LogP contribution in [0.4, 0.5) is 0 Å². The van der Waals surface area contributed by atoms with Gasteiger partial charge in [0, 0.05) is 19.8 Å². The third kappa shape index (κ3) is 2.58. The van der Waals surface area contributed by atoms with Gasteiger partial charge in [-0.3, -0.25) is 0 Å². The SMILES string of the molecule is CC(O)C(C)C1CCOC2(CCOCC2)C1. The van der Waals surface area contributed by atoms with E-state index in [1.165, 1.54) is 0 Å². The predicted octanol–water partition coefficient (Wildman–Crippen LogP) is 1.98. The second-order valence-corrected chi connectivity index (χ2v) is 5.50. The Hall–Kier alpha value is -0.120. The molecule has 0 saturated carbocycles. The van der Waals surface area contributed by atoms with Crippen LogP contribution in [0.15, 0.2) is 0 Å². The standard InChI is InChI=1S/C13H24O3/c1-10(11(2)14)12-3-6-16-13(9-12)4-7-15-8-5-13/h10-12,14H,3-9H2,1-2H3. The van der Waals surface area contributed by atoms with Crippen LogP contribution in [0, 0.1) is 11.8 Å². The molecule has 1 N–H and O–H groups in total. The van der Waals surface area contributed by atoms with Gasteiger partial charge in [0.25, 0.3) is 0 Å². The summed E-state index contributed by atoms with van der Waals surface area (Å²) in [6, 6.07) is 0. The highest BCUT2D eigenvalue weighted by atomic mass is 16.5. The molecule has 0 aromatic rings. The summed E-state index contributed by atoms with van der Waals surface area (Å²) < 4.78 is 11.4. The Morgan fingerprint density at radius 2 is 1.88 bits per heavy atom. The molecule has 0 amide bonds. The molecule has 3 unspecified atom stereocenters. The summed E-state index contributed by atoms with van der Waals surface area (Å²) in [5, 5.41) is 9.69. The highest BCUT2D eigenvalue weighted by molar-refractivity contribution is 4.90. The Labute approximate surface area is 98.1 Å². The lowest BCUT2D eigenvalue weighted by Crippen LogP contribution is -2.46. The zero-order valence-corrected chi connectivity index (χ0v) is 10.4. The quantitative estimate of drug-likeness (QED) is 0.785. The topological polar surface area (TPSA) is 38.7 Å². The van der Waals surface area contributed by atoms with Crippen molar-refractivity contribution < 1.29 is 14.6 Å². The van der Waals surface area contributed by atoms with E-state index in [0.29, 0.717) is 11.8 Å². The van der Waals surface area contributed by atoms with Crippen molar-refractivity contribution in [1.29, 1.82) is 0 Å². The van der Waals surface area contributed by atoms with Crippen LogP contribution in [0.2, 0.25) is 0 Å². The molecule has 2 fully saturated rings. The van der Waals surface area contributed by atoms with Crippen molar-refractivity contribution in [2.45, 2.75) is 51.2 Å². The fourth-order valence-electron chi connectivity index (χ4n) is 3.00. The monoisotopic (exact) mass is 228 g/mol. The summed E-state index contributed by atoms with van der Waals surface area (Å²) in [7, 11) is 0. The van der Waals surface area contributed by atoms with Crippen molar-refractivity contribution in [1.82, 2.24) is 0 Å². The van der Waals surface area contributed by atoms with Crippen molar-refractivity contribution in [2.24, 2.45) is 11.8 Å².